The molecule has 1 aromatic carbocycles. The van der Waals surface area contributed by atoms with Crippen LogP contribution in [-0.4, -0.2) is 11.1 Å². The number of thiophene rings is 1. The van der Waals surface area contributed by atoms with Gasteiger partial charge in [-0.05, 0) is 47.6 Å². The van der Waals surface area contributed by atoms with Crippen LogP contribution in [0.1, 0.15) is 22.3 Å². The number of aryl methyl sites for hydroxylation is 1. The molecule has 90 valence electrons. The molecule has 2 nitrogen and oxygen atoms in total. The molecular weight excluding hydrogens is 244 g/mol. The van der Waals surface area contributed by atoms with Gasteiger partial charge in [-0.15, -0.1) is 11.3 Å². The fourth-order valence-corrected chi connectivity index (χ4v) is 3.50. The Balaban J connectivity index is 2.38. The second kappa shape index (κ2) is 3.82. The van der Waals surface area contributed by atoms with Crippen molar-refractivity contribution < 1.29 is 9.90 Å². The van der Waals surface area contributed by atoms with Gasteiger partial charge in [-0.25, -0.2) is 4.79 Å². The molecule has 1 N–H and O–H groups in total. The fourth-order valence-electron chi connectivity index (χ4n) is 2.47. The summed E-state index contributed by atoms with van der Waals surface area (Å²) in [5.74, 6) is -0.895. The molecule has 0 saturated heterocycles. The first-order chi connectivity index (χ1) is 8.59. The summed E-state index contributed by atoms with van der Waals surface area (Å²) in [6.07, 6.45) is 1.31. The molecule has 1 heterocycles. The molecule has 0 bridgehead atoms. The van der Waals surface area contributed by atoms with Gasteiger partial charge in [0.2, 0.25) is 0 Å². The molecule has 0 fully saturated rings. The Bertz CT molecular complexity index is 693. The molecule has 0 spiro atoms. The molecule has 0 atom stereocenters. The topological polar surface area (TPSA) is 37.3 Å². The van der Waals surface area contributed by atoms with Gasteiger partial charge in [0, 0.05) is 22.1 Å². The quantitative estimate of drug-likeness (QED) is 0.671. The lowest BCUT2D eigenvalue weighted by molar-refractivity contribution is -0.131. The first kappa shape index (κ1) is 11.2. The van der Waals surface area contributed by atoms with E-state index in [4.69, 9.17) is 5.11 Å². The van der Waals surface area contributed by atoms with Gasteiger partial charge in [-0.3, -0.25) is 0 Å². The maximum atomic E-state index is 11.0. The van der Waals surface area contributed by atoms with E-state index in [0.717, 1.165) is 16.7 Å². The monoisotopic (exact) mass is 256 g/mol. The summed E-state index contributed by atoms with van der Waals surface area (Å²) in [7, 11) is 0. The van der Waals surface area contributed by atoms with Crippen LogP contribution in [0.3, 0.4) is 0 Å². The highest BCUT2D eigenvalue weighted by molar-refractivity contribution is 7.14. The van der Waals surface area contributed by atoms with Gasteiger partial charge in [0.1, 0.15) is 0 Å². The highest BCUT2D eigenvalue weighted by atomic mass is 32.1. The molecule has 1 aliphatic carbocycles. The molecule has 0 amide bonds. The largest absolute Gasteiger partial charge is 0.478 e. The van der Waals surface area contributed by atoms with Crippen molar-refractivity contribution in [2.45, 2.75) is 13.8 Å². The Kier molecular flexibility index (Phi) is 2.38. The third kappa shape index (κ3) is 1.44. The second-order valence-corrected chi connectivity index (χ2v) is 5.41. The van der Waals surface area contributed by atoms with E-state index in [1.54, 1.807) is 11.3 Å². The number of carboxylic acids is 1. The molecular formula is C15H12O2S. The van der Waals surface area contributed by atoms with Crippen LogP contribution < -0.4 is 0 Å². The molecule has 3 heteroatoms. The van der Waals surface area contributed by atoms with Gasteiger partial charge in [-0.2, -0.15) is 0 Å². The lowest BCUT2D eigenvalue weighted by Crippen LogP contribution is -1.92. The molecule has 0 aliphatic heterocycles. The van der Waals surface area contributed by atoms with Crippen molar-refractivity contribution in [1.29, 1.82) is 0 Å². The minimum atomic E-state index is -0.895. The van der Waals surface area contributed by atoms with E-state index in [0.29, 0.717) is 0 Å². The van der Waals surface area contributed by atoms with Crippen molar-refractivity contribution in [3.8, 4) is 10.4 Å². The van der Waals surface area contributed by atoms with Crippen LogP contribution in [0.15, 0.2) is 29.7 Å². The van der Waals surface area contributed by atoms with E-state index in [9.17, 15) is 4.79 Å². The third-order valence-corrected chi connectivity index (χ3v) is 4.41. The minimum Gasteiger partial charge on any atom is -0.478 e. The maximum Gasteiger partial charge on any atom is 0.328 e. The van der Waals surface area contributed by atoms with E-state index >= 15 is 0 Å². The van der Waals surface area contributed by atoms with Crippen LogP contribution in [0.2, 0.25) is 0 Å². The Hall–Kier alpha value is -1.87. The summed E-state index contributed by atoms with van der Waals surface area (Å²) >= 11 is 1.67. The van der Waals surface area contributed by atoms with Crippen LogP contribution >= 0.6 is 11.3 Å². The summed E-state index contributed by atoms with van der Waals surface area (Å²) < 4.78 is 0. The highest BCUT2D eigenvalue weighted by Gasteiger charge is 2.27. The Morgan fingerprint density at radius 2 is 2.00 bits per heavy atom. The molecule has 0 unspecified atom stereocenters. The first-order valence-corrected chi connectivity index (χ1v) is 6.61. The summed E-state index contributed by atoms with van der Waals surface area (Å²) in [5.41, 5.74) is 6.60. The standard InChI is InChI=1S/C15H12O2S/c1-8-3-4-10-12(7-13(16)17)11-5-6-18-15(11)14(10)9(8)2/h3-7H,1-2H3,(H,16,17)/b12-7+. The fraction of sp³-hybridized carbons (Fsp3) is 0.133. The highest BCUT2D eigenvalue weighted by Crippen LogP contribution is 2.49. The number of benzene rings is 1. The van der Waals surface area contributed by atoms with Gasteiger partial charge < -0.3 is 5.11 Å². The molecule has 0 saturated carbocycles. The zero-order valence-corrected chi connectivity index (χ0v) is 11.0. The van der Waals surface area contributed by atoms with Crippen molar-refractivity contribution in [3.63, 3.8) is 0 Å². The van der Waals surface area contributed by atoms with Crippen molar-refractivity contribution in [3.05, 3.63) is 51.9 Å². The smallest absolute Gasteiger partial charge is 0.328 e. The van der Waals surface area contributed by atoms with Crippen LogP contribution in [0.25, 0.3) is 16.0 Å². The van der Waals surface area contributed by atoms with Crippen LogP contribution in [-0.2, 0) is 4.79 Å². The van der Waals surface area contributed by atoms with Gasteiger partial charge >= 0.3 is 5.97 Å². The number of rotatable bonds is 1. The Labute approximate surface area is 109 Å². The summed E-state index contributed by atoms with van der Waals surface area (Å²) in [5, 5.41) is 11.0. The lowest BCUT2D eigenvalue weighted by atomic mass is 9.98. The van der Waals surface area contributed by atoms with Gasteiger partial charge in [0.25, 0.3) is 0 Å². The number of fused-ring (bicyclic) bond motifs is 3. The number of carboxylic acid groups (broad SMARTS) is 1. The SMILES string of the molecule is Cc1ccc2c(c1C)-c1sccc1/C2=C/C(=O)O. The number of aliphatic carboxylic acids is 1. The first-order valence-electron chi connectivity index (χ1n) is 5.73. The molecule has 1 aromatic heterocycles. The zero-order chi connectivity index (χ0) is 12.9. The molecule has 0 radical (unpaired) electrons. The average molecular weight is 256 g/mol. The van der Waals surface area contributed by atoms with Crippen LogP contribution in [0, 0.1) is 13.8 Å². The predicted molar refractivity (Wildman–Crippen MR) is 73.9 cm³/mol. The van der Waals surface area contributed by atoms with Gasteiger partial charge in [0.05, 0.1) is 0 Å². The Morgan fingerprint density at radius 1 is 1.22 bits per heavy atom. The normalized spacial score (nSPS) is 14.7. The maximum absolute atomic E-state index is 11.0. The van der Waals surface area contributed by atoms with Crippen molar-refractivity contribution in [2.24, 2.45) is 0 Å². The molecule has 2 aromatic rings. The van der Waals surface area contributed by atoms with E-state index < -0.39 is 5.97 Å². The van der Waals surface area contributed by atoms with Crippen LogP contribution in [0.4, 0.5) is 0 Å². The van der Waals surface area contributed by atoms with Gasteiger partial charge in [-0.1, -0.05) is 12.1 Å². The molecule has 1 aliphatic rings. The van der Waals surface area contributed by atoms with Crippen LogP contribution in [0.5, 0.6) is 0 Å². The van der Waals surface area contributed by atoms with Crippen molar-refractivity contribution in [1.82, 2.24) is 0 Å². The number of hydrogen-bond donors (Lipinski definition) is 1. The van der Waals surface area contributed by atoms with E-state index in [1.807, 2.05) is 17.5 Å². The molecule has 3 rings (SSSR count). The predicted octanol–water partition coefficient (Wildman–Crippen LogP) is 3.86. The Morgan fingerprint density at radius 3 is 2.72 bits per heavy atom. The third-order valence-electron chi connectivity index (χ3n) is 3.48. The minimum absolute atomic E-state index is 0.830. The van der Waals surface area contributed by atoms with Gasteiger partial charge in [0.15, 0.2) is 0 Å². The molecule has 18 heavy (non-hydrogen) atoms. The van der Waals surface area contributed by atoms with E-state index in [2.05, 4.69) is 19.9 Å². The second-order valence-electron chi connectivity index (χ2n) is 4.49. The van der Waals surface area contributed by atoms with Crippen molar-refractivity contribution in [2.75, 3.05) is 0 Å². The summed E-state index contributed by atoms with van der Waals surface area (Å²) in [4.78, 5) is 12.2. The lowest BCUT2D eigenvalue weighted by Gasteiger charge is -2.07. The van der Waals surface area contributed by atoms with E-state index in [-0.39, 0.29) is 0 Å². The summed E-state index contributed by atoms with van der Waals surface area (Å²) in [6, 6.07) is 6.09. The number of hydrogen-bond acceptors (Lipinski definition) is 2. The average Bonchev–Trinajstić information content (AvgIpc) is 2.86. The van der Waals surface area contributed by atoms with E-state index in [1.165, 1.54) is 27.6 Å². The summed E-state index contributed by atoms with van der Waals surface area (Å²) in [6.45, 7) is 4.18. The van der Waals surface area contributed by atoms with Crippen molar-refractivity contribution >= 4 is 22.9 Å². The zero-order valence-electron chi connectivity index (χ0n) is 10.2. The number of carbonyl (C=O) groups is 1.